The van der Waals surface area contributed by atoms with Gasteiger partial charge in [0.2, 0.25) is 0 Å². The predicted octanol–water partition coefficient (Wildman–Crippen LogP) is 1.82. The fraction of sp³-hybridized carbons (Fsp3) is 0.500. The van der Waals surface area contributed by atoms with Gasteiger partial charge < -0.3 is 21.5 Å². The van der Waals surface area contributed by atoms with Crippen LogP contribution in [0.5, 0.6) is 0 Å². The van der Waals surface area contributed by atoms with Gasteiger partial charge >= 0.3 is 5.97 Å². The van der Waals surface area contributed by atoms with Gasteiger partial charge in [0, 0.05) is 0 Å². The fourth-order valence-electron chi connectivity index (χ4n) is 2.12. The zero-order valence-electron chi connectivity index (χ0n) is 11.6. The van der Waals surface area contributed by atoms with Gasteiger partial charge in [-0.25, -0.2) is 4.79 Å². The van der Waals surface area contributed by atoms with Crippen molar-refractivity contribution in [1.29, 1.82) is 0 Å². The smallest absolute Gasteiger partial charge is 0.337 e. The summed E-state index contributed by atoms with van der Waals surface area (Å²) in [5.41, 5.74) is 13.2. The van der Waals surface area contributed by atoms with E-state index in [1.54, 1.807) is 6.07 Å². The molecule has 106 valence electrons. The fourth-order valence-corrected chi connectivity index (χ4v) is 2.12. The maximum atomic E-state index is 10.9. The normalized spacial score (nSPS) is 10.9. The van der Waals surface area contributed by atoms with E-state index in [9.17, 15) is 4.79 Å². The van der Waals surface area contributed by atoms with Gasteiger partial charge in [0.1, 0.15) is 0 Å². The van der Waals surface area contributed by atoms with E-state index in [2.05, 4.69) is 18.7 Å². The van der Waals surface area contributed by atoms with Crippen LogP contribution < -0.4 is 11.5 Å². The molecule has 0 saturated heterocycles. The summed E-state index contributed by atoms with van der Waals surface area (Å²) in [4.78, 5) is 13.3. The molecule has 0 spiro atoms. The van der Waals surface area contributed by atoms with Crippen LogP contribution in [0.1, 0.15) is 36.2 Å². The molecule has 0 heterocycles. The molecule has 0 atom stereocenters. The van der Waals surface area contributed by atoms with Crippen molar-refractivity contribution in [3.63, 3.8) is 0 Å². The molecule has 0 unspecified atom stereocenters. The molecule has 19 heavy (non-hydrogen) atoms. The van der Waals surface area contributed by atoms with E-state index < -0.39 is 5.97 Å². The van der Waals surface area contributed by atoms with E-state index in [0.29, 0.717) is 5.69 Å². The van der Waals surface area contributed by atoms with E-state index in [0.717, 1.165) is 38.0 Å². The summed E-state index contributed by atoms with van der Waals surface area (Å²) in [6, 6.07) is 3.29. The molecule has 0 aromatic heterocycles. The number of hydrogen-bond acceptors (Lipinski definition) is 4. The summed E-state index contributed by atoms with van der Waals surface area (Å²) in [7, 11) is 0. The Hall–Kier alpha value is -1.75. The number of nitrogen functional groups attached to an aromatic ring is 2. The number of carboxylic acid groups (broad SMARTS) is 1. The molecule has 0 saturated carbocycles. The Balaban J connectivity index is 2.70. The molecule has 0 aliphatic carbocycles. The van der Waals surface area contributed by atoms with E-state index >= 15 is 0 Å². The zero-order valence-corrected chi connectivity index (χ0v) is 11.6. The third-order valence-corrected chi connectivity index (χ3v) is 3.42. The minimum atomic E-state index is -1.04. The lowest BCUT2D eigenvalue weighted by molar-refractivity contribution is 0.0698. The molecule has 1 rings (SSSR count). The van der Waals surface area contributed by atoms with Gasteiger partial charge in [-0.2, -0.15) is 0 Å². The molecular weight excluding hydrogens is 242 g/mol. The quantitative estimate of drug-likeness (QED) is 0.654. The highest BCUT2D eigenvalue weighted by Crippen LogP contribution is 2.25. The Morgan fingerprint density at radius 3 is 2.37 bits per heavy atom. The van der Waals surface area contributed by atoms with Crippen LogP contribution in [0.2, 0.25) is 0 Å². The lowest BCUT2D eigenvalue weighted by Gasteiger charge is -2.18. The van der Waals surface area contributed by atoms with Gasteiger partial charge in [-0.1, -0.05) is 19.9 Å². The number of aryl methyl sites for hydroxylation is 1. The summed E-state index contributed by atoms with van der Waals surface area (Å²) in [6.07, 6.45) is 1.80. The number of rotatable bonds is 7. The average Bonchev–Trinajstić information content (AvgIpc) is 2.39. The molecule has 5 heteroatoms. The highest BCUT2D eigenvalue weighted by atomic mass is 16.4. The number of carbonyl (C=O) groups is 1. The molecule has 0 radical (unpaired) electrons. The summed E-state index contributed by atoms with van der Waals surface area (Å²) in [5.74, 6) is -1.04. The van der Waals surface area contributed by atoms with E-state index in [1.165, 1.54) is 6.07 Å². The first-order valence-corrected chi connectivity index (χ1v) is 6.63. The molecule has 0 aliphatic heterocycles. The molecule has 1 aromatic carbocycles. The molecule has 5 nitrogen and oxygen atoms in total. The standard InChI is InChI=1S/C14H23N3O2/c1-3-17(4-2)9-5-6-10-7-8-11(14(18)19)13(16)12(10)15/h7-8H,3-6,9,15-16H2,1-2H3,(H,18,19). The highest BCUT2D eigenvalue weighted by Gasteiger charge is 2.13. The molecule has 5 N–H and O–H groups in total. The van der Waals surface area contributed by atoms with E-state index in [1.807, 2.05) is 0 Å². The second-order valence-corrected chi connectivity index (χ2v) is 4.54. The lowest BCUT2D eigenvalue weighted by atomic mass is 10.0. The number of hydrogen-bond donors (Lipinski definition) is 3. The number of aromatic carboxylic acids is 1. The van der Waals surface area contributed by atoms with Crippen LogP contribution in [-0.4, -0.2) is 35.6 Å². The minimum absolute atomic E-state index is 0.0741. The minimum Gasteiger partial charge on any atom is -0.478 e. The molecule has 0 amide bonds. The molecule has 0 fully saturated rings. The Labute approximate surface area is 114 Å². The van der Waals surface area contributed by atoms with Crippen LogP contribution in [0, 0.1) is 0 Å². The van der Waals surface area contributed by atoms with Gasteiger partial charge in [0.15, 0.2) is 0 Å². The second kappa shape index (κ2) is 6.99. The number of nitrogens with zero attached hydrogens (tertiary/aromatic N) is 1. The second-order valence-electron chi connectivity index (χ2n) is 4.54. The molecule has 0 bridgehead atoms. The third kappa shape index (κ3) is 3.86. The van der Waals surface area contributed by atoms with Crippen molar-refractivity contribution in [3.05, 3.63) is 23.3 Å². The topological polar surface area (TPSA) is 92.6 Å². The first kappa shape index (κ1) is 15.3. The Kier molecular flexibility index (Phi) is 5.63. The van der Waals surface area contributed by atoms with Crippen molar-refractivity contribution in [3.8, 4) is 0 Å². The van der Waals surface area contributed by atoms with Crippen molar-refractivity contribution in [1.82, 2.24) is 4.90 Å². The number of carboxylic acids is 1. The van der Waals surface area contributed by atoms with Crippen LogP contribution in [0.3, 0.4) is 0 Å². The first-order chi connectivity index (χ1) is 9.01. The van der Waals surface area contributed by atoms with Gasteiger partial charge in [0.05, 0.1) is 16.9 Å². The van der Waals surface area contributed by atoms with Crippen LogP contribution in [-0.2, 0) is 6.42 Å². The Morgan fingerprint density at radius 2 is 1.84 bits per heavy atom. The van der Waals surface area contributed by atoms with Crippen LogP contribution in [0.15, 0.2) is 12.1 Å². The van der Waals surface area contributed by atoms with Crippen LogP contribution in [0.4, 0.5) is 11.4 Å². The summed E-state index contributed by atoms with van der Waals surface area (Å²) in [6.45, 7) is 7.35. The number of nitrogens with two attached hydrogens (primary N) is 2. The van der Waals surface area contributed by atoms with Crippen molar-refractivity contribution < 1.29 is 9.90 Å². The third-order valence-electron chi connectivity index (χ3n) is 3.42. The van der Waals surface area contributed by atoms with Crippen molar-refractivity contribution in [2.45, 2.75) is 26.7 Å². The summed E-state index contributed by atoms with van der Waals surface area (Å²) < 4.78 is 0. The van der Waals surface area contributed by atoms with E-state index in [-0.39, 0.29) is 11.3 Å². The monoisotopic (exact) mass is 265 g/mol. The maximum absolute atomic E-state index is 10.9. The van der Waals surface area contributed by atoms with Gasteiger partial charge in [-0.05, 0) is 44.1 Å². The van der Waals surface area contributed by atoms with Gasteiger partial charge in [-0.15, -0.1) is 0 Å². The summed E-state index contributed by atoms with van der Waals surface area (Å²) >= 11 is 0. The molecular formula is C14H23N3O2. The average molecular weight is 265 g/mol. The van der Waals surface area contributed by atoms with Gasteiger partial charge in [-0.3, -0.25) is 0 Å². The lowest BCUT2D eigenvalue weighted by Crippen LogP contribution is -2.24. The first-order valence-electron chi connectivity index (χ1n) is 6.63. The van der Waals surface area contributed by atoms with Gasteiger partial charge in [0.25, 0.3) is 0 Å². The molecule has 0 aliphatic rings. The zero-order chi connectivity index (χ0) is 14.4. The predicted molar refractivity (Wildman–Crippen MR) is 78.3 cm³/mol. The molecule has 1 aromatic rings. The van der Waals surface area contributed by atoms with Crippen molar-refractivity contribution in [2.24, 2.45) is 0 Å². The Bertz CT molecular complexity index is 443. The maximum Gasteiger partial charge on any atom is 0.337 e. The SMILES string of the molecule is CCN(CC)CCCc1ccc(C(=O)O)c(N)c1N. The van der Waals surface area contributed by atoms with Crippen molar-refractivity contribution >= 4 is 17.3 Å². The highest BCUT2D eigenvalue weighted by molar-refractivity contribution is 5.97. The van der Waals surface area contributed by atoms with Crippen LogP contribution in [0.25, 0.3) is 0 Å². The number of anilines is 2. The van der Waals surface area contributed by atoms with Crippen LogP contribution >= 0.6 is 0 Å². The van der Waals surface area contributed by atoms with E-state index in [4.69, 9.17) is 16.6 Å². The van der Waals surface area contributed by atoms with Crippen molar-refractivity contribution in [2.75, 3.05) is 31.1 Å². The largest absolute Gasteiger partial charge is 0.478 e. The summed E-state index contributed by atoms with van der Waals surface area (Å²) in [5, 5.41) is 8.95. The number of benzene rings is 1. The Morgan fingerprint density at radius 1 is 1.21 bits per heavy atom.